The smallest absolute Gasteiger partial charge is 0.227 e. The van der Waals surface area contributed by atoms with Crippen LogP contribution in [0.15, 0.2) is 0 Å². The van der Waals surface area contributed by atoms with E-state index in [4.69, 9.17) is 0 Å². The van der Waals surface area contributed by atoms with Crippen molar-refractivity contribution in [3.8, 4) is 0 Å². The van der Waals surface area contributed by atoms with Crippen molar-refractivity contribution in [2.75, 3.05) is 18.8 Å². The maximum absolute atomic E-state index is 12.1. The Labute approximate surface area is 117 Å². The van der Waals surface area contributed by atoms with Gasteiger partial charge in [-0.2, -0.15) is 0 Å². The summed E-state index contributed by atoms with van der Waals surface area (Å²) in [4.78, 5) is 0. The van der Waals surface area contributed by atoms with Crippen LogP contribution in [0.4, 0.5) is 0 Å². The second kappa shape index (κ2) is 5.12. The molecule has 0 aliphatic heterocycles. The minimum Gasteiger partial charge on any atom is -0.227 e. The van der Waals surface area contributed by atoms with Gasteiger partial charge in [-0.15, -0.1) is 0 Å². The summed E-state index contributed by atoms with van der Waals surface area (Å²) >= 11 is 0. The zero-order valence-electron chi connectivity index (χ0n) is 12.1. The third-order valence-corrected chi connectivity index (χ3v) is 23.3. The van der Waals surface area contributed by atoms with E-state index in [-0.39, 0.29) is 0 Å². The van der Waals surface area contributed by atoms with E-state index in [1.54, 1.807) is 6.92 Å². The highest BCUT2D eigenvalue weighted by atomic mass is 32.3. The molecule has 0 bridgehead atoms. The van der Waals surface area contributed by atoms with E-state index in [1.807, 2.05) is 0 Å². The van der Waals surface area contributed by atoms with Crippen LogP contribution in [0.3, 0.4) is 0 Å². The van der Waals surface area contributed by atoms with Gasteiger partial charge >= 0.3 is 0 Å². The Bertz CT molecular complexity index is 563. The van der Waals surface area contributed by atoms with Crippen LogP contribution in [-0.4, -0.2) is 55.1 Å². The highest BCUT2D eigenvalue weighted by molar-refractivity contribution is 8.28. The highest BCUT2D eigenvalue weighted by Crippen LogP contribution is 2.41. The van der Waals surface area contributed by atoms with E-state index in [0.29, 0.717) is 31.2 Å². The van der Waals surface area contributed by atoms with Crippen molar-refractivity contribution in [1.82, 2.24) is 0 Å². The van der Waals surface area contributed by atoms with Gasteiger partial charge in [-0.1, -0.05) is 32.5 Å². The first kappa shape index (κ1) is 19.1. The molecule has 0 spiro atoms. The molecule has 0 aromatic heterocycles. The summed E-state index contributed by atoms with van der Waals surface area (Å²) in [5, 5.41) is 0. The predicted octanol–water partition coefficient (Wildman–Crippen LogP) is 0.432. The lowest BCUT2D eigenvalue weighted by molar-refractivity contribution is 0.572. The Morgan fingerprint density at radius 1 is 0.789 bits per heavy atom. The van der Waals surface area contributed by atoms with Crippen LogP contribution in [0.25, 0.3) is 0 Å². The third kappa shape index (κ3) is 2.91. The first-order valence-corrected chi connectivity index (χ1v) is 14.5. The van der Waals surface area contributed by atoms with Gasteiger partial charge in [0, 0.05) is 18.8 Å². The van der Waals surface area contributed by atoms with Crippen molar-refractivity contribution in [3.63, 3.8) is 0 Å². The molecular weight excluding hydrogens is 328 g/mol. The monoisotopic (exact) mass is 350 g/mol. The van der Waals surface area contributed by atoms with Crippen LogP contribution in [0, 0.1) is 0 Å². The Hall–Kier alpha value is 0.0669. The van der Waals surface area contributed by atoms with Crippen LogP contribution < -0.4 is 0 Å². The number of hydrogen-bond acceptors (Lipinski definition) is 6. The molecule has 19 heavy (non-hydrogen) atoms. The van der Waals surface area contributed by atoms with E-state index in [1.165, 1.54) is 13.1 Å². The Balaban J connectivity index is 7.04. The zero-order valence-corrected chi connectivity index (χ0v) is 15.5. The Morgan fingerprint density at radius 3 is 1.21 bits per heavy atom. The molecule has 116 valence electrons. The lowest BCUT2D eigenvalue weighted by Gasteiger charge is -2.40. The lowest BCUT2D eigenvalue weighted by atomic mass is 10.6. The van der Waals surface area contributed by atoms with Crippen molar-refractivity contribution in [2.45, 2.75) is 35.5 Å². The molecule has 0 saturated carbocycles. The number of rotatable bonds is 6. The van der Waals surface area contributed by atoms with Gasteiger partial charge in [0.15, 0.2) is 29.5 Å². The molecule has 0 aliphatic rings. The fourth-order valence-corrected chi connectivity index (χ4v) is 24.2. The summed E-state index contributed by atoms with van der Waals surface area (Å²) in [7, 11) is -16.2. The van der Waals surface area contributed by atoms with E-state index in [0.717, 1.165) is 0 Å². The molecule has 0 fully saturated rings. The van der Waals surface area contributed by atoms with Crippen molar-refractivity contribution in [1.29, 1.82) is 0 Å². The van der Waals surface area contributed by atoms with Crippen molar-refractivity contribution >= 4 is 37.6 Å². The van der Waals surface area contributed by atoms with E-state index < -0.39 is 40.6 Å². The van der Waals surface area contributed by atoms with Crippen LogP contribution in [0.2, 0.25) is 19.1 Å². The Morgan fingerprint density at radius 2 is 1.05 bits per heavy atom. The second-order valence-electron chi connectivity index (χ2n) is 5.51. The molecule has 0 unspecified atom stereocenters. The summed E-state index contributed by atoms with van der Waals surface area (Å²) in [5.41, 5.74) is 0. The number of sulfone groups is 3. The van der Waals surface area contributed by atoms with Gasteiger partial charge in [0.1, 0.15) is 8.07 Å². The minimum absolute atomic E-state index is 0.292. The molecular formula is C9H22O6S3Si. The molecule has 0 radical (unpaired) electrons. The molecule has 0 N–H and O–H groups in total. The third-order valence-electron chi connectivity index (χ3n) is 3.17. The van der Waals surface area contributed by atoms with Crippen molar-refractivity contribution in [3.05, 3.63) is 0 Å². The molecule has 0 aliphatic carbocycles. The van der Waals surface area contributed by atoms with Gasteiger partial charge in [-0.3, -0.25) is 0 Å². The fraction of sp³-hybridized carbons (Fsp3) is 1.00. The van der Waals surface area contributed by atoms with E-state index in [2.05, 4.69) is 0 Å². The molecule has 10 heteroatoms. The van der Waals surface area contributed by atoms with Crippen molar-refractivity contribution < 1.29 is 25.3 Å². The van der Waals surface area contributed by atoms with Gasteiger partial charge in [0.05, 0.1) is 0 Å². The van der Waals surface area contributed by atoms with Gasteiger partial charge in [-0.05, 0) is 0 Å². The zero-order chi connectivity index (χ0) is 15.9. The Kier molecular flexibility index (Phi) is 5.14. The largest absolute Gasteiger partial charge is 0.256 e. The molecule has 0 atom stereocenters. The minimum atomic E-state index is -4.34. The summed E-state index contributed by atoms with van der Waals surface area (Å²) in [6.07, 6.45) is 2.61. The van der Waals surface area contributed by atoms with Crippen LogP contribution in [0.5, 0.6) is 0 Å². The van der Waals surface area contributed by atoms with Gasteiger partial charge in [0.25, 0.3) is 3.03 Å². The maximum atomic E-state index is 12.1. The molecule has 0 amide bonds. The first-order valence-electron chi connectivity index (χ1n) is 5.65. The highest BCUT2D eigenvalue weighted by Gasteiger charge is 2.68. The lowest BCUT2D eigenvalue weighted by Crippen LogP contribution is -2.67. The average molecular weight is 351 g/mol. The standard InChI is InChI=1S/C9H22O6S3Si/c1-7-8-19(5,6)9(16(2,10)11,17(3,12)13)18(4,14)15/h7-8H2,1-6H3. The summed E-state index contributed by atoms with van der Waals surface area (Å²) in [6, 6.07) is 0.292. The van der Waals surface area contributed by atoms with Gasteiger partial charge in [-0.25, -0.2) is 25.3 Å². The first-order chi connectivity index (χ1) is 8.06. The number of hydrogen-bond donors (Lipinski definition) is 0. The summed E-state index contributed by atoms with van der Waals surface area (Å²) < 4.78 is 70.2. The van der Waals surface area contributed by atoms with E-state index in [9.17, 15) is 25.3 Å². The van der Waals surface area contributed by atoms with Crippen LogP contribution in [-0.2, 0) is 29.5 Å². The topological polar surface area (TPSA) is 102 Å². The van der Waals surface area contributed by atoms with Gasteiger partial charge < -0.3 is 0 Å². The van der Waals surface area contributed by atoms with Gasteiger partial charge in [0.2, 0.25) is 0 Å². The van der Waals surface area contributed by atoms with Crippen molar-refractivity contribution in [2.24, 2.45) is 0 Å². The average Bonchev–Trinajstić information content (AvgIpc) is 1.91. The quantitative estimate of drug-likeness (QED) is 0.644. The molecule has 6 nitrogen and oxygen atoms in total. The molecule has 0 aromatic rings. The predicted molar refractivity (Wildman–Crippen MR) is 79.8 cm³/mol. The molecule has 0 rings (SSSR count). The molecule has 0 heterocycles. The van der Waals surface area contributed by atoms with Crippen LogP contribution >= 0.6 is 0 Å². The second-order valence-corrected chi connectivity index (χ2v) is 18.9. The molecule has 0 saturated heterocycles. The maximum Gasteiger partial charge on any atom is 0.256 e. The molecule has 0 aromatic carbocycles. The normalized spacial score (nSPS) is 15.5. The van der Waals surface area contributed by atoms with Crippen LogP contribution in [0.1, 0.15) is 13.3 Å². The summed E-state index contributed by atoms with van der Waals surface area (Å²) in [6.45, 7) is 4.77. The fourth-order valence-electron chi connectivity index (χ4n) is 3.11. The SMILES string of the molecule is CCC[Si](C)(C)C(S(C)(=O)=O)(S(C)(=O)=O)S(C)(=O)=O. The van der Waals surface area contributed by atoms with E-state index >= 15 is 0 Å². The summed E-state index contributed by atoms with van der Waals surface area (Å²) in [5.74, 6) is 0.